The molecule has 0 saturated carbocycles. The predicted octanol–water partition coefficient (Wildman–Crippen LogP) is 0.875. The van der Waals surface area contributed by atoms with Gasteiger partial charge in [-0.05, 0) is 19.8 Å². The van der Waals surface area contributed by atoms with Crippen LogP contribution >= 0.6 is 0 Å². The van der Waals surface area contributed by atoms with E-state index in [0.717, 1.165) is 25.1 Å². The third-order valence-electron chi connectivity index (χ3n) is 2.14. The van der Waals surface area contributed by atoms with E-state index in [0.29, 0.717) is 12.1 Å². The summed E-state index contributed by atoms with van der Waals surface area (Å²) >= 11 is 0. The van der Waals surface area contributed by atoms with Gasteiger partial charge in [-0.2, -0.15) is 5.10 Å². The van der Waals surface area contributed by atoms with Crippen molar-refractivity contribution in [2.75, 3.05) is 20.3 Å². The maximum Gasteiger partial charge on any atom is 0.254 e. The van der Waals surface area contributed by atoms with E-state index in [-0.39, 0.29) is 5.91 Å². The molecular weight excluding hydrogens is 194 g/mol. The molecule has 0 saturated heterocycles. The van der Waals surface area contributed by atoms with Crippen LogP contribution in [0.5, 0.6) is 0 Å². The highest BCUT2D eigenvalue weighted by Gasteiger charge is 2.09. The van der Waals surface area contributed by atoms with Gasteiger partial charge in [-0.3, -0.25) is 9.89 Å². The standard InChI is InChI=1S/C10H17N3O2/c1-8-9(7-12-13-8)10(14)11-5-3-4-6-15-2/h7H,3-6H2,1-2H3,(H,11,14)(H,12,13). The fourth-order valence-corrected chi connectivity index (χ4v) is 1.25. The molecule has 5 nitrogen and oxygen atoms in total. The first-order chi connectivity index (χ1) is 7.25. The first-order valence-electron chi connectivity index (χ1n) is 5.03. The molecule has 1 heterocycles. The molecule has 0 unspecified atom stereocenters. The molecule has 0 radical (unpaired) electrons. The Labute approximate surface area is 89.2 Å². The summed E-state index contributed by atoms with van der Waals surface area (Å²) in [6.45, 7) is 3.24. The summed E-state index contributed by atoms with van der Waals surface area (Å²) in [4.78, 5) is 11.6. The SMILES string of the molecule is COCCCCNC(=O)c1cn[nH]c1C. The van der Waals surface area contributed by atoms with E-state index in [1.165, 1.54) is 0 Å². The molecule has 1 aromatic rings. The molecule has 0 spiro atoms. The number of methoxy groups -OCH3 is 1. The van der Waals surface area contributed by atoms with Crippen LogP contribution in [-0.2, 0) is 4.74 Å². The van der Waals surface area contributed by atoms with E-state index in [1.54, 1.807) is 13.3 Å². The summed E-state index contributed by atoms with van der Waals surface area (Å²) in [6, 6.07) is 0. The fraction of sp³-hybridized carbons (Fsp3) is 0.600. The molecule has 1 aromatic heterocycles. The number of aryl methyl sites for hydroxylation is 1. The number of amides is 1. The van der Waals surface area contributed by atoms with Gasteiger partial charge in [0.15, 0.2) is 0 Å². The fourth-order valence-electron chi connectivity index (χ4n) is 1.25. The number of nitrogens with one attached hydrogen (secondary N) is 2. The van der Waals surface area contributed by atoms with Crippen molar-refractivity contribution in [3.05, 3.63) is 17.5 Å². The molecule has 0 atom stereocenters. The van der Waals surface area contributed by atoms with Crippen LogP contribution in [0.4, 0.5) is 0 Å². The zero-order valence-electron chi connectivity index (χ0n) is 9.17. The number of ether oxygens (including phenoxy) is 1. The number of rotatable bonds is 6. The summed E-state index contributed by atoms with van der Waals surface area (Å²) in [5, 5.41) is 9.35. The van der Waals surface area contributed by atoms with Crippen molar-refractivity contribution < 1.29 is 9.53 Å². The number of aromatic nitrogens is 2. The lowest BCUT2D eigenvalue weighted by Gasteiger charge is -2.03. The summed E-state index contributed by atoms with van der Waals surface area (Å²) in [5.41, 5.74) is 1.41. The van der Waals surface area contributed by atoms with E-state index >= 15 is 0 Å². The van der Waals surface area contributed by atoms with E-state index in [2.05, 4.69) is 15.5 Å². The molecule has 0 fully saturated rings. The Hall–Kier alpha value is -1.36. The van der Waals surface area contributed by atoms with Gasteiger partial charge in [0.1, 0.15) is 0 Å². The molecule has 0 aliphatic heterocycles. The van der Waals surface area contributed by atoms with E-state index in [4.69, 9.17) is 4.74 Å². The number of H-pyrrole nitrogens is 1. The summed E-state index contributed by atoms with van der Waals surface area (Å²) in [7, 11) is 1.67. The molecule has 15 heavy (non-hydrogen) atoms. The quantitative estimate of drug-likeness (QED) is 0.686. The number of unbranched alkanes of at least 4 members (excludes halogenated alkanes) is 1. The molecule has 0 aliphatic rings. The van der Waals surface area contributed by atoms with Crippen molar-refractivity contribution in [3.63, 3.8) is 0 Å². The van der Waals surface area contributed by atoms with Crippen LogP contribution in [0, 0.1) is 6.92 Å². The van der Waals surface area contributed by atoms with Gasteiger partial charge in [-0.25, -0.2) is 0 Å². The van der Waals surface area contributed by atoms with Gasteiger partial charge in [-0.15, -0.1) is 0 Å². The molecule has 2 N–H and O–H groups in total. The second-order valence-electron chi connectivity index (χ2n) is 3.36. The lowest BCUT2D eigenvalue weighted by molar-refractivity contribution is 0.0951. The molecule has 1 amide bonds. The lowest BCUT2D eigenvalue weighted by atomic mass is 10.2. The predicted molar refractivity (Wildman–Crippen MR) is 56.8 cm³/mol. The van der Waals surface area contributed by atoms with Crippen LogP contribution in [-0.4, -0.2) is 36.4 Å². The minimum atomic E-state index is -0.0707. The minimum Gasteiger partial charge on any atom is -0.385 e. The number of carbonyl (C=O) groups excluding carboxylic acids is 1. The molecule has 84 valence electrons. The third kappa shape index (κ3) is 3.71. The highest BCUT2D eigenvalue weighted by atomic mass is 16.5. The van der Waals surface area contributed by atoms with Crippen molar-refractivity contribution in [2.24, 2.45) is 0 Å². The second-order valence-corrected chi connectivity index (χ2v) is 3.36. The van der Waals surface area contributed by atoms with Crippen molar-refractivity contribution in [3.8, 4) is 0 Å². The van der Waals surface area contributed by atoms with Gasteiger partial charge in [0.25, 0.3) is 5.91 Å². The Morgan fingerprint density at radius 3 is 3.00 bits per heavy atom. The van der Waals surface area contributed by atoms with Crippen LogP contribution in [0.2, 0.25) is 0 Å². The average molecular weight is 211 g/mol. The number of hydrogen-bond donors (Lipinski definition) is 2. The number of nitrogens with zero attached hydrogens (tertiary/aromatic N) is 1. The molecule has 5 heteroatoms. The number of hydrogen-bond acceptors (Lipinski definition) is 3. The Bertz CT molecular complexity index is 309. The van der Waals surface area contributed by atoms with Gasteiger partial charge < -0.3 is 10.1 Å². The van der Waals surface area contributed by atoms with Gasteiger partial charge in [-0.1, -0.05) is 0 Å². The topological polar surface area (TPSA) is 67.0 Å². The smallest absolute Gasteiger partial charge is 0.254 e. The summed E-state index contributed by atoms with van der Waals surface area (Å²) < 4.78 is 4.91. The molecule has 1 rings (SSSR count). The Morgan fingerprint density at radius 2 is 2.40 bits per heavy atom. The first kappa shape index (κ1) is 11.7. The maximum atomic E-state index is 11.6. The van der Waals surface area contributed by atoms with Crippen LogP contribution in [0.15, 0.2) is 6.20 Å². The zero-order chi connectivity index (χ0) is 11.1. The Kier molecular flexibility index (Phi) is 4.83. The van der Waals surface area contributed by atoms with Crippen molar-refractivity contribution in [1.82, 2.24) is 15.5 Å². The van der Waals surface area contributed by atoms with Crippen LogP contribution < -0.4 is 5.32 Å². The van der Waals surface area contributed by atoms with E-state index < -0.39 is 0 Å². The van der Waals surface area contributed by atoms with Gasteiger partial charge in [0, 0.05) is 26.0 Å². The Balaban J connectivity index is 2.22. The van der Waals surface area contributed by atoms with Crippen LogP contribution in [0.25, 0.3) is 0 Å². The van der Waals surface area contributed by atoms with E-state index in [1.807, 2.05) is 6.92 Å². The van der Waals surface area contributed by atoms with Crippen molar-refractivity contribution in [2.45, 2.75) is 19.8 Å². The molecule has 0 aliphatic carbocycles. The van der Waals surface area contributed by atoms with Gasteiger partial charge in [0.05, 0.1) is 11.8 Å². The molecule has 0 bridgehead atoms. The minimum absolute atomic E-state index is 0.0707. The Morgan fingerprint density at radius 1 is 1.60 bits per heavy atom. The monoisotopic (exact) mass is 211 g/mol. The van der Waals surface area contributed by atoms with Crippen molar-refractivity contribution in [1.29, 1.82) is 0 Å². The summed E-state index contributed by atoms with van der Waals surface area (Å²) in [6.07, 6.45) is 3.43. The lowest BCUT2D eigenvalue weighted by Crippen LogP contribution is -2.24. The largest absolute Gasteiger partial charge is 0.385 e. The normalized spacial score (nSPS) is 10.3. The number of aromatic amines is 1. The zero-order valence-corrected chi connectivity index (χ0v) is 9.17. The molecule has 0 aromatic carbocycles. The highest BCUT2D eigenvalue weighted by molar-refractivity contribution is 5.94. The summed E-state index contributed by atoms with van der Waals surface area (Å²) in [5.74, 6) is -0.0707. The van der Waals surface area contributed by atoms with Crippen molar-refractivity contribution >= 4 is 5.91 Å². The second kappa shape index (κ2) is 6.19. The molecular formula is C10H17N3O2. The van der Waals surface area contributed by atoms with Gasteiger partial charge in [0.2, 0.25) is 0 Å². The number of carbonyl (C=O) groups is 1. The maximum absolute atomic E-state index is 11.6. The first-order valence-corrected chi connectivity index (χ1v) is 5.03. The average Bonchev–Trinajstić information content (AvgIpc) is 2.64. The highest BCUT2D eigenvalue weighted by Crippen LogP contribution is 2.01. The van der Waals surface area contributed by atoms with Crippen LogP contribution in [0.1, 0.15) is 28.9 Å². The van der Waals surface area contributed by atoms with Gasteiger partial charge >= 0.3 is 0 Å². The van der Waals surface area contributed by atoms with E-state index in [9.17, 15) is 4.79 Å². The van der Waals surface area contributed by atoms with Crippen LogP contribution in [0.3, 0.4) is 0 Å². The third-order valence-corrected chi connectivity index (χ3v) is 2.14.